The van der Waals surface area contributed by atoms with Crippen LogP contribution in [0.3, 0.4) is 0 Å². The highest BCUT2D eigenvalue weighted by Gasteiger charge is 2.05. The van der Waals surface area contributed by atoms with Crippen molar-refractivity contribution in [1.29, 1.82) is 0 Å². The Kier molecular flexibility index (Phi) is 4.73. The lowest BCUT2D eigenvalue weighted by atomic mass is 10.1. The average Bonchev–Trinajstić information content (AvgIpc) is 2.28. The molecule has 1 amide bonds. The molecule has 0 aromatic heterocycles. The number of carbonyl (C=O) groups excluding carboxylic acids is 1. The first-order chi connectivity index (χ1) is 7.67. The molecule has 0 atom stereocenters. The number of aryl methyl sites for hydroxylation is 1. The molecule has 1 aromatic rings. The van der Waals surface area contributed by atoms with Gasteiger partial charge in [0.15, 0.2) is 0 Å². The summed E-state index contributed by atoms with van der Waals surface area (Å²) in [5, 5.41) is 2.78. The molecule has 0 saturated carbocycles. The molecule has 0 aliphatic heterocycles. The monoisotopic (exact) mass is 219 g/mol. The number of nitrogens with one attached hydrogen (secondary N) is 1. The third kappa shape index (κ3) is 3.51. The zero-order valence-corrected chi connectivity index (χ0v) is 9.75. The van der Waals surface area contributed by atoms with Gasteiger partial charge in [0, 0.05) is 19.2 Å². The van der Waals surface area contributed by atoms with Crippen LogP contribution in [0.25, 0.3) is 6.08 Å². The minimum absolute atomic E-state index is 0.0798. The fraction of sp³-hybridized carbons (Fsp3) is 0.308. The van der Waals surface area contributed by atoms with Crippen LogP contribution < -0.4 is 5.32 Å². The van der Waals surface area contributed by atoms with Crippen molar-refractivity contribution in [3.05, 3.63) is 41.5 Å². The van der Waals surface area contributed by atoms with Crippen LogP contribution in [-0.4, -0.2) is 26.2 Å². The van der Waals surface area contributed by atoms with Gasteiger partial charge in [-0.05, 0) is 30.2 Å². The molecule has 1 N–H and O–H groups in total. The maximum Gasteiger partial charge on any atom is 0.251 e. The maximum absolute atomic E-state index is 11.7. The molecule has 0 aliphatic rings. The SMILES string of the molecule is C=Cc1cc(C)cc(C(=O)NCCOC)c1. The Morgan fingerprint density at radius 2 is 2.25 bits per heavy atom. The number of methoxy groups -OCH3 is 1. The Labute approximate surface area is 96.1 Å². The summed E-state index contributed by atoms with van der Waals surface area (Å²) in [6, 6.07) is 5.66. The molecule has 1 rings (SSSR count). The number of rotatable bonds is 5. The van der Waals surface area contributed by atoms with Crippen molar-refractivity contribution < 1.29 is 9.53 Å². The molecule has 3 nitrogen and oxygen atoms in total. The van der Waals surface area contributed by atoms with Crippen LogP contribution in [0.1, 0.15) is 21.5 Å². The molecule has 3 heteroatoms. The van der Waals surface area contributed by atoms with Crippen LogP contribution in [0, 0.1) is 6.92 Å². The first-order valence-electron chi connectivity index (χ1n) is 5.18. The van der Waals surface area contributed by atoms with E-state index in [0.717, 1.165) is 11.1 Å². The highest BCUT2D eigenvalue weighted by Crippen LogP contribution is 2.10. The largest absolute Gasteiger partial charge is 0.383 e. The molecule has 0 aliphatic carbocycles. The van der Waals surface area contributed by atoms with E-state index in [0.29, 0.717) is 18.7 Å². The molecule has 0 radical (unpaired) electrons. The predicted octanol–water partition coefficient (Wildman–Crippen LogP) is 2.01. The summed E-state index contributed by atoms with van der Waals surface area (Å²) in [6.45, 7) is 6.69. The van der Waals surface area contributed by atoms with E-state index < -0.39 is 0 Å². The van der Waals surface area contributed by atoms with E-state index in [1.165, 1.54) is 0 Å². The van der Waals surface area contributed by atoms with Crippen LogP contribution in [-0.2, 0) is 4.74 Å². The fourth-order valence-electron chi connectivity index (χ4n) is 1.43. The van der Waals surface area contributed by atoms with Gasteiger partial charge in [-0.2, -0.15) is 0 Å². The molecule has 0 unspecified atom stereocenters. The van der Waals surface area contributed by atoms with Gasteiger partial charge in [-0.3, -0.25) is 4.79 Å². The molecular weight excluding hydrogens is 202 g/mol. The minimum atomic E-state index is -0.0798. The van der Waals surface area contributed by atoms with Gasteiger partial charge >= 0.3 is 0 Å². The normalized spacial score (nSPS) is 9.88. The lowest BCUT2D eigenvalue weighted by Crippen LogP contribution is -2.27. The van der Waals surface area contributed by atoms with Gasteiger partial charge in [-0.25, -0.2) is 0 Å². The van der Waals surface area contributed by atoms with Crippen molar-refractivity contribution in [2.75, 3.05) is 20.3 Å². The molecule has 86 valence electrons. The van der Waals surface area contributed by atoms with Crippen molar-refractivity contribution in [3.63, 3.8) is 0 Å². The van der Waals surface area contributed by atoms with Gasteiger partial charge in [-0.15, -0.1) is 0 Å². The standard InChI is InChI=1S/C13H17NO2/c1-4-11-7-10(2)8-12(9-11)13(15)14-5-6-16-3/h4,7-9H,1,5-6H2,2-3H3,(H,14,15). The Morgan fingerprint density at radius 1 is 1.50 bits per heavy atom. The Balaban J connectivity index is 2.74. The summed E-state index contributed by atoms with van der Waals surface area (Å²) >= 11 is 0. The summed E-state index contributed by atoms with van der Waals surface area (Å²) in [6.07, 6.45) is 1.74. The Morgan fingerprint density at radius 3 is 2.88 bits per heavy atom. The van der Waals surface area contributed by atoms with Crippen LogP contribution in [0.15, 0.2) is 24.8 Å². The van der Waals surface area contributed by atoms with Gasteiger partial charge in [0.05, 0.1) is 6.61 Å². The first kappa shape index (κ1) is 12.5. The minimum Gasteiger partial charge on any atom is -0.383 e. The van der Waals surface area contributed by atoms with Crippen molar-refractivity contribution >= 4 is 12.0 Å². The van der Waals surface area contributed by atoms with Crippen molar-refractivity contribution in [2.45, 2.75) is 6.92 Å². The summed E-state index contributed by atoms with van der Waals surface area (Å²) in [4.78, 5) is 11.7. The second-order valence-corrected chi connectivity index (χ2v) is 3.59. The fourth-order valence-corrected chi connectivity index (χ4v) is 1.43. The number of amides is 1. The lowest BCUT2D eigenvalue weighted by molar-refractivity contribution is 0.0937. The van der Waals surface area contributed by atoms with Gasteiger partial charge in [-0.1, -0.05) is 18.7 Å². The summed E-state index contributed by atoms with van der Waals surface area (Å²) < 4.78 is 4.87. The van der Waals surface area contributed by atoms with E-state index in [4.69, 9.17) is 4.74 Å². The number of carbonyl (C=O) groups is 1. The summed E-state index contributed by atoms with van der Waals surface area (Å²) in [7, 11) is 1.61. The van der Waals surface area contributed by atoms with Gasteiger partial charge < -0.3 is 10.1 Å². The second-order valence-electron chi connectivity index (χ2n) is 3.59. The number of hydrogen-bond donors (Lipinski definition) is 1. The zero-order valence-electron chi connectivity index (χ0n) is 9.75. The highest BCUT2D eigenvalue weighted by molar-refractivity contribution is 5.94. The predicted molar refractivity (Wildman–Crippen MR) is 65.5 cm³/mol. The zero-order chi connectivity index (χ0) is 12.0. The summed E-state index contributed by atoms with van der Waals surface area (Å²) in [5.41, 5.74) is 2.66. The van der Waals surface area contributed by atoms with Crippen molar-refractivity contribution in [2.24, 2.45) is 0 Å². The van der Waals surface area contributed by atoms with Crippen molar-refractivity contribution in [1.82, 2.24) is 5.32 Å². The number of ether oxygens (including phenoxy) is 1. The Hall–Kier alpha value is -1.61. The van der Waals surface area contributed by atoms with Gasteiger partial charge in [0.25, 0.3) is 5.91 Å². The molecule has 0 saturated heterocycles. The third-order valence-corrected chi connectivity index (χ3v) is 2.19. The van der Waals surface area contributed by atoms with Crippen LogP contribution in [0.4, 0.5) is 0 Å². The van der Waals surface area contributed by atoms with E-state index >= 15 is 0 Å². The van der Waals surface area contributed by atoms with Gasteiger partial charge in [0.2, 0.25) is 0 Å². The van der Waals surface area contributed by atoms with Crippen LogP contribution in [0.5, 0.6) is 0 Å². The number of hydrogen-bond acceptors (Lipinski definition) is 2. The van der Waals surface area contributed by atoms with E-state index in [2.05, 4.69) is 11.9 Å². The van der Waals surface area contributed by atoms with E-state index in [1.54, 1.807) is 13.2 Å². The molecular formula is C13H17NO2. The smallest absolute Gasteiger partial charge is 0.251 e. The number of benzene rings is 1. The maximum atomic E-state index is 11.7. The topological polar surface area (TPSA) is 38.3 Å². The lowest BCUT2D eigenvalue weighted by Gasteiger charge is -2.06. The molecule has 0 fully saturated rings. The average molecular weight is 219 g/mol. The van der Waals surface area contributed by atoms with Crippen LogP contribution in [0.2, 0.25) is 0 Å². The van der Waals surface area contributed by atoms with Crippen LogP contribution >= 0.6 is 0 Å². The van der Waals surface area contributed by atoms with E-state index in [-0.39, 0.29) is 5.91 Å². The summed E-state index contributed by atoms with van der Waals surface area (Å²) in [5.74, 6) is -0.0798. The van der Waals surface area contributed by atoms with Crippen molar-refractivity contribution in [3.8, 4) is 0 Å². The molecule has 16 heavy (non-hydrogen) atoms. The Bertz CT molecular complexity index is 386. The van der Waals surface area contributed by atoms with E-state index in [9.17, 15) is 4.79 Å². The van der Waals surface area contributed by atoms with E-state index in [1.807, 2.05) is 25.1 Å². The molecule has 0 heterocycles. The molecule has 1 aromatic carbocycles. The van der Waals surface area contributed by atoms with Gasteiger partial charge in [0.1, 0.15) is 0 Å². The highest BCUT2D eigenvalue weighted by atomic mass is 16.5. The second kappa shape index (κ2) is 6.08. The quantitative estimate of drug-likeness (QED) is 0.769. The molecule has 0 bridgehead atoms. The molecule has 0 spiro atoms. The first-order valence-corrected chi connectivity index (χ1v) is 5.18. The third-order valence-electron chi connectivity index (χ3n) is 2.19.